The van der Waals surface area contributed by atoms with Crippen molar-refractivity contribution in [2.75, 3.05) is 13.2 Å². The number of hydrogen-bond acceptors (Lipinski definition) is 8. The summed E-state index contributed by atoms with van der Waals surface area (Å²) in [7, 11) is 0. The van der Waals surface area contributed by atoms with Crippen LogP contribution in [0, 0.1) is 17.8 Å². The van der Waals surface area contributed by atoms with Crippen molar-refractivity contribution < 1.29 is 39.8 Å². The van der Waals surface area contributed by atoms with Gasteiger partial charge in [0.05, 0.1) is 25.4 Å². The average molecular weight is 724 g/mol. The van der Waals surface area contributed by atoms with Crippen molar-refractivity contribution in [1.82, 2.24) is 5.32 Å². The number of unbranched alkanes of at least 4 members (excludes halogenated alkanes) is 19. The van der Waals surface area contributed by atoms with E-state index < -0.39 is 49.5 Å². The molecular formula is C42H77NO8. The summed E-state index contributed by atoms with van der Waals surface area (Å²) in [6, 6.07) is -0.711. The predicted molar refractivity (Wildman–Crippen MR) is 203 cm³/mol. The third kappa shape index (κ3) is 17.3. The van der Waals surface area contributed by atoms with E-state index in [9.17, 15) is 30.3 Å². The van der Waals surface area contributed by atoms with E-state index in [4.69, 9.17) is 9.47 Å². The quantitative estimate of drug-likeness (QED) is 0.0324. The number of aliphatic hydroxyl groups is 5. The monoisotopic (exact) mass is 724 g/mol. The summed E-state index contributed by atoms with van der Waals surface area (Å²) in [5.41, 5.74) is 0. The molecule has 1 saturated carbocycles. The van der Waals surface area contributed by atoms with Gasteiger partial charge in [-0.3, -0.25) is 4.79 Å². The highest BCUT2D eigenvalue weighted by molar-refractivity contribution is 5.76. The summed E-state index contributed by atoms with van der Waals surface area (Å²) in [5.74, 6) is 2.53. The van der Waals surface area contributed by atoms with Crippen LogP contribution >= 0.6 is 0 Å². The SMILES string of the molecule is CCCCCCCCCCCCCCC[C@@H](O)[C@H](COC1OC(CO)C(O)C(O)C1O)NC(=O)CCCCCCCCCC[C@H]1C[C@H]2C=C[C@@H]1C2. The molecule has 9 nitrogen and oxygen atoms in total. The fourth-order valence-electron chi connectivity index (χ4n) is 8.48. The van der Waals surface area contributed by atoms with Crippen LogP contribution in [0.4, 0.5) is 0 Å². The number of allylic oxidation sites excluding steroid dienone is 2. The van der Waals surface area contributed by atoms with Gasteiger partial charge in [0.2, 0.25) is 5.91 Å². The molecule has 2 aliphatic carbocycles. The minimum atomic E-state index is -1.55. The fourth-order valence-corrected chi connectivity index (χ4v) is 8.48. The smallest absolute Gasteiger partial charge is 0.220 e. The number of amides is 1. The molecule has 5 unspecified atom stereocenters. The Bertz CT molecular complexity index is 917. The minimum Gasteiger partial charge on any atom is -0.394 e. The third-order valence-corrected chi connectivity index (χ3v) is 11.8. The molecule has 0 radical (unpaired) electrons. The third-order valence-electron chi connectivity index (χ3n) is 11.8. The number of ether oxygens (including phenoxy) is 2. The Labute approximate surface area is 310 Å². The first-order valence-electron chi connectivity index (χ1n) is 21.4. The van der Waals surface area contributed by atoms with Crippen molar-refractivity contribution in [3.63, 3.8) is 0 Å². The number of hydrogen-bond donors (Lipinski definition) is 6. The summed E-state index contributed by atoms with van der Waals surface area (Å²) >= 11 is 0. The van der Waals surface area contributed by atoms with Crippen molar-refractivity contribution in [3.05, 3.63) is 12.2 Å². The van der Waals surface area contributed by atoms with Crippen molar-refractivity contribution in [1.29, 1.82) is 0 Å². The van der Waals surface area contributed by atoms with Crippen molar-refractivity contribution in [3.8, 4) is 0 Å². The largest absolute Gasteiger partial charge is 0.394 e. The molecule has 10 atom stereocenters. The molecule has 0 aromatic carbocycles. The molecule has 0 aromatic heterocycles. The van der Waals surface area contributed by atoms with E-state index >= 15 is 0 Å². The molecule has 1 saturated heterocycles. The molecule has 2 fully saturated rings. The van der Waals surface area contributed by atoms with Crippen LogP contribution in [-0.2, 0) is 14.3 Å². The maximum absolute atomic E-state index is 13.0. The zero-order valence-corrected chi connectivity index (χ0v) is 32.2. The molecule has 298 valence electrons. The van der Waals surface area contributed by atoms with Gasteiger partial charge in [-0.15, -0.1) is 0 Å². The average Bonchev–Trinajstić information content (AvgIpc) is 3.76. The van der Waals surface area contributed by atoms with E-state index in [2.05, 4.69) is 24.4 Å². The fraction of sp³-hybridized carbons (Fsp3) is 0.929. The van der Waals surface area contributed by atoms with Crippen LogP contribution in [0.25, 0.3) is 0 Å². The molecule has 3 aliphatic rings. The van der Waals surface area contributed by atoms with Gasteiger partial charge in [-0.1, -0.05) is 147 Å². The minimum absolute atomic E-state index is 0.132. The lowest BCUT2D eigenvalue weighted by molar-refractivity contribution is -0.302. The molecule has 6 N–H and O–H groups in total. The first-order chi connectivity index (χ1) is 24.8. The van der Waals surface area contributed by atoms with Gasteiger partial charge in [0, 0.05) is 6.42 Å². The molecule has 1 amide bonds. The number of aliphatic hydroxyl groups excluding tert-OH is 5. The highest BCUT2D eigenvalue weighted by Crippen LogP contribution is 2.45. The number of rotatable bonds is 31. The molecule has 0 aromatic rings. The standard InChI is InChI=1S/C42H77NO8/c1-2-3-4-5-6-7-8-9-10-11-15-18-21-24-36(45)35(31-50-42-41(49)40(48)39(47)37(30-44)51-42)43-38(46)25-22-19-16-13-12-14-17-20-23-33-28-32-26-27-34(33)29-32/h26-27,32-37,39-42,44-45,47-49H,2-25,28-31H2,1H3,(H,43,46)/t32-,33+,34-,35+,36-,37?,39?,40?,41?,42?/m1/s1. The normalized spacial score (nSPS) is 28.4. The van der Waals surface area contributed by atoms with Gasteiger partial charge in [0.1, 0.15) is 24.4 Å². The second-order valence-corrected chi connectivity index (χ2v) is 16.2. The molecule has 2 bridgehead atoms. The van der Waals surface area contributed by atoms with Crippen molar-refractivity contribution >= 4 is 5.91 Å². The van der Waals surface area contributed by atoms with Crippen LogP contribution in [0.15, 0.2) is 12.2 Å². The zero-order valence-electron chi connectivity index (χ0n) is 32.2. The number of nitrogens with one attached hydrogen (secondary N) is 1. The lowest BCUT2D eigenvalue weighted by atomic mass is 9.88. The molecule has 9 heteroatoms. The molecule has 1 heterocycles. The Hall–Kier alpha value is -1.07. The van der Waals surface area contributed by atoms with Crippen LogP contribution in [-0.4, -0.2) is 87.5 Å². The van der Waals surface area contributed by atoms with Crippen LogP contribution in [0.2, 0.25) is 0 Å². The van der Waals surface area contributed by atoms with E-state index in [1.807, 2.05) is 0 Å². The topological polar surface area (TPSA) is 149 Å². The van der Waals surface area contributed by atoms with Gasteiger partial charge in [-0.2, -0.15) is 0 Å². The Morgan fingerprint density at radius 1 is 0.745 bits per heavy atom. The van der Waals surface area contributed by atoms with Crippen molar-refractivity contribution in [2.24, 2.45) is 17.8 Å². The van der Waals surface area contributed by atoms with Crippen LogP contribution in [0.5, 0.6) is 0 Å². The number of carbonyl (C=O) groups is 1. The van der Waals surface area contributed by atoms with E-state index in [1.165, 1.54) is 116 Å². The number of fused-ring (bicyclic) bond motifs is 2. The lowest BCUT2D eigenvalue weighted by Gasteiger charge is -2.40. The second-order valence-electron chi connectivity index (χ2n) is 16.2. The molecule has 3 rings (SSSR count). The molecule has 51 heavy (non-hydrogen) atoms. The summed E-state index contributed by atoms with van der Waals surface area (Å²) in [5, 5.41) is 54.3. The summed E-state index contributed by atoms with van der Waals surface area (Å²) in [6.07, 6.45) is 27.7. The van der Waals surface area contributed by atoms with Crippen LogP contribution in [0.1, 0.15) is 174 Å². The lowest BCUT2D eigenvalue weighted by Crippen LogP contribution is -2.60. The highest BCUT2D eigenvalue weighted by Gasteiger charge is 2.44. The van der Waals surface area contributed by atoms with E-state index in [-0.39, 0.29) is 12.5 Å². The highest BCUT2D eigenvalue weighted by atomic mass is 16.7. The summed E-state index contributed by atoms with van der Waals surface area (Å²) in [4.78, 5) is 13.0. The van der Waals surface area contributed by atoms with Gasteiger partial charge in [-0.05, 0) is 49.9 Å². The van der Waals surface area contributed by atoms with E-state index in [0.29, 0.717) is 12.8 Å². The van der Waals surface area contributed by atoms with Crippen LogP contribution < -0.4 is 5.32 Å². The first kappa shape index (κ1) is 44.3. The van der Waals surface area contributed by atoms with E-state index in [0.717, 1.165) is 56.3 Å². The predicted octanol–water partition coefficient (Wildman–Crippen LogP) is 7.24. The second kappa shape index (κ2) is 26.7. The van der Waals surface area contributed by atoms with E-state index in [1.54, 1.807) is 0 Å². The first-order valence-corrected chi connectivity index (χ1v) is 21.4. The maximum Gasteiger partial charge on any atom is 0.220 e. The van der Waals surface area contributed by atoms with Gasteiger partial charge >= 0.3 is 0 Å². The Balaban J connectivity index is 1.29. The molecule has 0 spiro atoms. The summed E-state index contributed by atoms with van der Waals surface area (Å²) < 4.78 is 11.2. The Morgan fingerprint density at radius 2 is 1.31 bits per heavy atom. The van der Waals surface area contributed by atoms with Gasteiger partial charge in [0.15, 0.2) is 6.29 Å². The van der Waals surface area contributed by atoms with Crippen molar-refractivity contribution in [2.45, 2.75) is 217 Å². The summed E-state index contributed by atoms with van der Waals surface area (Å²) in [6.45, 7) is 1.57. The zero-order chi connectivity index (χ0) is 36.7. The maximum atomic E-state index is 13.0. The Kier molecular flexibility index (Phi) is 23.2. The van der Waals surface area contributed by atoms with Gasteiger partial charge in [-0.25, -0.2) is 0 Å². The van der Waals surface area contributed by atoms with Gasteiger partial charge in [0.25, 0.3) is 0 Å². The molecular weight excluding hydrogens is 646 g/mol. The van der Waals surface area contributed by atoms with Crippen LogP contribution in [0.3, 0.4) is 0 Å². The van der Waals surface area contributed by atoms with Gasteiger partial charge < -0.3 is 40.3 Å². The Morgan fingerprint density at radius 3 is 1.86 bits per heavy atom. The molecule has 1 aliphatic heterocycles. The number of carbonyl (C=O) groups excluding carboxylic acids is 1.